The predicted molar refractivity (Wildman–Crippen MR) is 76.7 cm³/mol. The zero-order valence-electron chi connectivity index (χ0n) is 11.7. The van der Waals surface area contributed by atoms with E-state index in [0.717, 1.165) is 43.1 Å². The minimum atomic E-state index is -0.500. The van der Waals surface area contributed by atoms with Crippen LogP contribution in [0.3, 0.4) is 0 Å². The van der Waals surface area contributed by atoms with Gasteiger partial charge in [0.15, 0.2) is 0 Å². The molecule has 0 aliphatic carbocycles. The van der Waals surface area contributed by atoms with Crippen molar-refractivity contribution in [2.45, 2.75) is 37.8 Å². The Morgan fingerprint density at radius 3 is 3.00 bits per heavy atom. The Bertz CT molecular complexity index is 582. The average molecular weight is 288 g/mol. The van der Waals surface area contributed by atoms with E-state index in [0.29, 0.717) is 0 Å². The lowest BCUT2D eigenvalue weighted by atomic mass is 9.95. The van der Waals surface area contributed by atoms with Crippen molar-refractivity contribution >= 4 is 11.7 Å². The van der Waals surface area contributed by atoms with Crippen LogP contribution in [0.2, 0.25) is 0 Å². The summed E-state index contributed by atoms with van der Waals surface area (Å²) in [4.78, 5) is 17.7. The number of nitrogens with zero attached hydrogens (tertiary/aromatic N) is 2. The van der Waals surface area contributed by atoms with Gasteiger partial charge in [0, 0.05) is 12.2 Å². The monoisotopic (exact) mass is 288 g/mol. The Morgan fingerprint density at radius 1 is 1.43 bits per heavy atom. The smallest absolute Gasteiger partial charge is 0.415 e. The Labute approximate surface area is 122 Å². The van der Waals surface area contributed by atoms with Crippen molar-refractivity contribution in [3.63, 3.8) is 0 Å². The summed E-state index contributed by atoms with van der Waals surface area (Å²) >= 11 is 0. The van der Waals surface area contributed by atoms with E-state index in [4.69, 9.17) is 4.74 Å². The fourth-order valence-electron chi connectivity index (χ4n) is 3.30. The number of allylic oxidation sites excluding steroid dienone is 1. The first-order chi connectivity index (χ1) is 10.2. The van der Waals surface area contributed by atoms with Gasteiger partial charge in [0.25, 0.3) is 0 Å². The fraction of sp³-hybridized carbons (Fsp3) is 0.375. The number of halogens is 1. The molecule has 2 aliphatic heterocycles. The molecule has 2 aliphatic rings. The number of rotatable bonds is 2. The summed E-state index contributed by atoms with van der Waals surface area (Å²) in [5, 5.41) is 0. The minimum Gasteiger partial charge on any atom is -0.419 e. The van der Waals surface area contributed by atoms with Crippen LogP contribution in [-0.2, 0) is 4.74 Å². The largest absolute Gasteiger partial charge is 0.419 e. The lowest BCUT2D eigenvalue weighted by molar-refractivity contribution is 0.123. The lowest BCUT2D eigenvalue weighted by Gasteiger charge is -2.28. The number of hydrogen-bond acceptors (Lipinski definition) is 3. The quantitative estimate of drug-likeness (QED) is 0.618. The number of ether oxygens (including phenoxy) is 1. The van der Waals surface area contributed by atoms with Crippen molar-refractivity contribution in [2.75, 3.05) is 0 Å². The van der Waals surface area contributed by atoms with E-state index < -0.39 is 5.95 Å². The first-order valence-electron chi connectivity index (χ1n) is 7.12. The van der Waals surface area contributed by atoms with Crippen LogP contribution >= 0.6 is 0 Å². The van der Waals surface area contributed by atoms with E-state index in [2.05, 4.69) is 17.6 Å². The van der Waals surface area contributed by atoms with Crippen LogP contribution in [0.5, 0.6) is 0 Å². The molecule has 110 valence electrons. The molecule has 0 unspecified atom stereocenters. The summed E-state index contributed by atoms with van der Waals surface area (Å²) in [6, 6.07) is 3.23. The highest BCUT2D eigenvalue weighted by Crippen LogP contribution is 2.39. The van der Waals surface area contributed by atoms with Crippen LogP contribution in [0.4, 0.5) is 9.18 Å². The van der Waals surface area contributed by atoms with Gasteiger partial charge in [-0.1, -0.05) is 12.7 Å². The normalized spacial score (nSPS) is 24.2. The zero-order chi connectivity index (χ0) is 14.8. The summed E-state index contributed by atoms with van der Waals surface area (Å²) in [5.74, 6) is -0.500. The topological polar surface area (TPSA) is 42.4 Å². The van der Waals surface area contributed by atoms with Crippen molar-refractivity contribution in [2.24, 2.45) is 0 Å². The molecule has 2 bridgehead atoms. The maximum Gasteiger partial charge on any atom is 0.415 e. The van der Waals surface area contributed by atoms with Crippen molar-refractivity contribution in [3.05, 3.63) is 48.8 Å². The molecular formula is C16H17FN2O2. The molecule has 1 saturated heterocycles. The molecule has 0 aromatic carbocycles. The van der Waals surface area contributed by atoms with Crippen LogP contribution in [-0.4, -0.2) is 28.1 Å². The molecular weight excluding hydrogens is 271 g/mol. The van der Waals surface area contributed by atoms with Gasteiger partial charge in [0.2, 0.25) is 5.95 Å². The third-order valence-corrected chi connectivity index (χ3v) is 4.18. The number of amides is 1. The SMILES string of the molecule is C=COC(=O)N1[C@@H]2CCC=C(c3ccc(F)nc3)[C@H]1CC2. The Balaban J connectivity index is 1.93. The Kier molecular flexibility index (Phi) is 3.73. The molecule has 2 atom stereocenters. The Morgan fingerprint density at radius 2 is 2.29 bits per heavy atom. The van der Waals surface area contributed by atoms with E-state index >= 15 is 0 Å². The molecule has 0 radical (unpaired) electrons. The molecule has 4 nitrogen and oxygen atoms in total. The van der Waals surface area contributed by atoms with Crippen molar-refractivity contribution in [1.82, 2.24) is 9.88 Å². The third-order valence-electron chi connectivity index (χ3n) is 4.18. The maximum atomic E-state index is 13.0. The van der Waals surface area contributed by atoms with Crippen molar-refractivity contribution in [1.29, 1.82) is 0 Å². The van der Waals surface area contributed by atoms with Gasteiger partial charge in [-0.3, -0.25) is 4.90 Å². The first-order valence-corrected chi connectivity index (χ1v) is 7.12. The Hall–Kier alpha value is -2.17. The molecule has 1 aromatic heterocycles. The van der Waals surface area contributed by atoms with Crippen LogP contribution in [0, 0.1) is 5.95 Å². The molecule has 0 saturated carbocycles. The molecule has 0 N–H and O–H groups in total. The van der Waals surface area contributed by atoms with Crippen LogP contribution in [0.1, 0.15) is 31.2 Å². The molecule has 0 spiro atoms. The zero-order valence-corrected chi connectivity index (χ0v) is 11.7. The lowest BCUT2D eigenvalue weighted by Crippen LogP contribution is -2.40. The van der Waals surface area contributed by atoms with Gasteiger partial charge in [-0.05, 0) is 49.0 Å². The van der Waals surface area contributed by atoms with Crippen LogP contribution < -0.4 is 0 Å². The molecule has 21 heavy (non-hydrogen) atoms. The highest BCUT2D eigenvalue weighted by Gasteiger charge is 2.41. The number of hydrogen-bond donors (Lipinski definition) is 0. The average Bonchev–Trinajstić information content (AvgIpc) is 2.77. The number of fused-ring (bicyclic) bond motifs is 2. The van der Waals surface area contributed by atoms with Crippen LogP contribution in [0.15, 0.2) is 37.2 Å². The summed E-state index contributed by atoms with van der Waals surface area (Å²) in [6.45, 7) is 3.44. The van der Waals surface area contributed by atoms with Gasteiger partial charge in [-0.15, -0.1) is 0 Å². The highest BCUT2D eigenvalue weighted by molar-refractivity contribution is 5.77. The summed E-state index contributed by atoms with van der Waals surface area (Å²) < 4.78 is 18.0. The number of carbonyl (C=O) groups excluding carboxylic acids is 1. The van der Waals surface area contributed by atoms with Gasteiger partial charge in [-0.2, -0.15) is 4.39 Å². The molecule has 3 heterocycles. The second-order valence-electron chi connectivity index (χ2n) is 5.31. The number of aromatic nitrogens is 1. The predicted octanol–water partition coefficient (Wildman–Crippen LogP) is 3.51. The van der Waals surface area contributed by atoms with Gasteiger partial charge in [0.1, 0.15) is 0 Å². The first kappa shape index (κ1) is 13.8. The third kappa shape index (κ3) is 2.55. The van der Waals surface area contributed by atoms with Crippen molar-refractivity contribution in [3.8, 4) is 0 Å². The summed E-state index contributed by atoms with van der Waals surface area (Å²) in [6.07, 6.45) is 8.12. The molecule has 3 rings (SSSR count). The molecule has 1 fully saturated rings. The minimum absolute atomic E-state index is 0.0304. The number of pyridine rings is 1. The fourth-order valence-corrected chi connectivity index (χ4v) is 3.30. The van der Waals surface area contributed by atoms with Crippen LogP contribution in [0.25, 0.3) is 5.57 Å². The van der Waals surface area contributed by atoms with Gasteiger partial charge in [-0.25, -0.2) is 9.78 Å². The van der Waals surface area contributed by atoms with E-state index in [1.807, 2.05) is 0 Å². The van der Waals surface area contributed by atoms with Gasteiger partial charge < -0.3 is 4.74 Å². The standard InChI is InChI=1S/C16H17FN2O2/c1-2-21-16(20)19-12-4-3-5-13(14(19)8-7-12)11-6-9-15(17)18-10-11/h2,5-6,9-10,12,14H,1,3-4,7-8H2/t12-,14-/m1/s1. The second kappa shape index (κ2) is 5.68. The molecule has 5 heteroatoms. The van der Waals surface area contributed by atoms with Crippen molar-refractivity contribution < 1.29 is 13.9 Å². The molecule has 1 aromatic rings. The summed E-state index contributed by atoms with van der Waals surface area (Å²) in [5.41, 5.74) is 1.89. The molecule has 1 amide bonds. The van der Waals surface area contributed by atoms with Gasteiger partial charge in [0.05, 0.1) is 12.3 Å². The second-order valence-corrected chi connectivity index (χ2v) is 5.31. The van der Waals surface area contributed by atoms with E-state index in [1.165, 1.54) is 12.3 Å². The highest BCUT2D eigenvalue weighted by atomic mass is 19.1. The van der Waals surface area contributed by atoms with Gasteiger partial charge >= 0.3 is 6.09 Å². The van der Waals surface area contributed by atoms with E-state index in [1.54, 1.807) is 11.0 Å². The summed E-state index contributed by atoms with van der Waals surface area (Å²) in [7, 11) is 0. The maximum absolute atomic E-state index is 13.0. The van der Waals surface area contributed by atoms with E-state index in [-0.39, 0.29) is 18.2 Å². The number of carbonyl (C=O) groups is 1. The van der Waals surface area contributed by atoms with E-state index in [9.17, 15) is 9.18 Å².